The summed E-state index contributed by atoms with van der Waals surface area (Å²) in [6, 6.07) is 3.96. The number of carbonyl (C=O) groups is 1. The third-order valence-electron chi connectivity index (χ3n) is 2.45. The molecule has 16 heavy (non-hydrogen) atoms. The molecule has 0 aromatic heterocycles. The third-order valence-corrected chi connectivity index (χ3v) is 3.14. The number of carboxylic acid groups (broad SMARTS) is 1. The number of nitrogens with one attached hydrogen (secondary N) is 1. The van der Waals surface area contributed by atoms with Gasteiger partial charge >= 0.3 is 5.97 Å². The van der Waals surface area contributed by atoms with E-state index in [1.807, 2.05) is 0 Å². The molecule has 2 N–H and O–H groups in total. The van der Waals surface area contributed by atoms with Gasteiger partial charge in [0, 0.05) is 10.5 Å². The summed E-state index contributed by atoms with van der Waals surface area (Å²) in [5.74, 6) is -1.79. The van der Waals surface area contributed by atoms with E-state index in [1.54, 1.807) is 19.9 Å². The van der Waals surface area contributed by atoms with Crippen LogP contribution in [-0.4, -0.2) is 17.1 Å². The maximum atomic E-state index is 13.0. The second-order valence-corrected chi connectivity index (χ2v) is 4.54. The third kappa shape index (κ3) is 3.20. The van der Waals surface area contributed by atoms with E-state index in [9.17, 15) is 9.18 Å². The zero-order valence-electron chi connectivity index (χ0n) is 9.00. The summed E-state index contributed by atoms with van der Waals surface area (Å²) < 4.78 is 13.7. The van der Waals surface area contributed by atoms with Crippen molar-refractivity contribution in [1.29, 1.82) is 0 Å². The van der Waals surface area contributed by atoms with E-state index in [0.717, 1.165) is 0 Å². The van der Waals surface area contributed by atoms with Crippen molar-refractivity contribution in [3.63, 3.8) is 0 Å². The summed E-state index contributed by atoms with van der Waals surface area (Å²) in [5, 5.41) is 11.8. The minimum atomic E-state index is -0.882. The molecule has 0 radical (unpaired) electrons. The Morgan fingerprint density at radius 2 is 2.12 bits per heavy atom. The predicted octanol–water partition coefficient (Wildman–Crippen LogP) is 3.11. The smallest absolute Gasteiger partial charge is 0.308 e. The van der Waals surface area contributed by atoms with E-state index >= 15 is 0 Å². The molecule has 1 aromatic carbocycles. The molecular formula is C11H13BrFNO2. The van der Waals surface area contributed by atoms with Crippen molar-refractivity contribution in [1.82, 2.24) is 0 Å². The van der Waals surface area contributed by atoms with E-state index in [2.05, 4.69) is 21.2 Å². The highest BCUT2D eigenvalue weighted by Crippen LogP contribution is 2.24. The summed E-state index contributed by atoms with van der Waals surface area (Å²) in [6.07, 6.45) is 0. The van der Waals surface area contributed by atoms with Crippen LogP contribution in [-0.2, 0) is 4.79 Å². The quantitative estimate of drug-likeness (QED) is 0.895. The minimum absolute atomic E-state index is 0.282. The van der Waals surface area contributed by atoms with Crippen molar-refractivity contribution in [2.75, 3.05) is 5.32 Å². The average molecular weight is 290 g/mol. The Balaban J connectivity index is 2.80. The van der Waals surface area contributed by atoms with Crippen molar-refractivity contribution in [2.24, 2.45) is 5.92 Å². The molecule has 0 heterocycles. The number of carboxylic acids is 1. The normalized spacial score (nSPS) is 14.2. The first-order valence-electron chi connectivity index (χ1n) is 4.86. The standard InChI is InChI=1S/C11H13BrFNO2/c1-6(11(15)16)7(2)14-10-5-8(13)3-4-9(10)12/h3-7,14H,1-2H3,(H,15,16). The number of anilines is 1. The molecule has 0 aliphatic carbocycles. The molecule has 1 aromatic rings. The van der Waals surface area contributed by atoms with E-state index in [4.69, 9.17) is 5.11 Å². The van der Waals surface area contributed by atoms with E-state index < -0.39 is 11.9 Å². The van der Waals surface area contributed by atoms with Crippen molar-refractivity contribution in [3.8, 4) is 0 Å². The second-order valence-electron chi connectivity index (χ2n) is 3.68. The molecule has 88 valence electrons. The van der Waals surface area contributed by atoms with E-state index in [0.29, 0.717) is 10.2 Å². The Kier molecular flexibility index (Phi) is 4.29. The largest absolute Gasteiger partial charge is 0.481 e. The number of halogens is 2. The second kappa shape index (κ2) is 5.30. The van der Waals surface area contributed by atoms with Crippen LogP contribution in [0, 0.1) is 11.7 Å². The summed E-state index contributed by atoms with van der Waals surface area (Å²) in [6.45, 7) is 3.35. The van der Waals surface area contributed by atoms with Crippen molar-refractivity contribution in [2.45, 2.75) is 19.9 Å². The van der Waals surface area contributed by atoms with Crippen LogP contribution in [0.3, 0.4) is 0 Å². The van der Waals surface area contributed by atoms with Gasteiger partial charge in [0.2, 0.25) is 0 Å². The lowest BCUT2D eigenvalue weighted by atomic mass is 10.0. The van der Waals surface area contributed by atoms with Gasteiger partial charge in [0.15, 0.2) is 0 Å². The lowest BCUT2D eigenvalue weighted by Crippen LogP contribution is -2.29. The summed E-state index contributed by atoms with van der Waals surface area (Å²) in [7, 11) is 0. The van der Waals surface area contributed by atoms with Crippen LogP contribution in [0.25, 0.3) is 0 Å². The maximum absolute atomic E-state index is 13.0. The lowest BCUT2D eigenvalue weighted by molar-refractivity contribution is -0.141. The van der Waals surface area contributed by atoms with E-state index in [1.165, 1.54) is 12.1 Å². The van der Waals surface area contributed by atoms with E-state index in [-0.39, 0.29) is 11.9 Å². The summed E-state index contributed by atoms with van der Waals surface area (Å²) in [4.78, 5) is 10.8. The number of aliphatic carboxylic acids is 1. The predicted molar refractivity (Wildman–Crippen MR) is 64.0 cm³/mol. The zero-order valence-corrected chi connectivity index (χ0v) is 10.6. The molecule has 2 atom stereocenters. The molecule has 0 aliphatic heterocycles. The fourth-order valence-electron chi connectivity index (χ4n) is 1.19. The van der Waals surface area contributed by atoms with Gasteiger partial charge in [-0.25, -0.2) is 4.39 Å². The Morgan fingerprint density at radius 3 is 2.69 bits per heavy atom. The first-order chi connectivity index (χ1) is 7.41. The molecule has 1 rings (SSSR count). The minimum Gasteiger partial charge on any atom is -0.481 e. The Hall–Kier alpha value is -1.10. The van der Waals surface area contributed by atoms with Gasteiger partial charge in [-0.3, -0.25) is 4.79 Å². The van der Waals surface area contributed by atoms with Crippen molar-refractivity contribution in [3.05, 3.63) is 28.5 Å². The van der Waals surface area contributed by atoms with Gasteiger partial charge in [-0.1, -0.05) is 0 Å². The molecule has 0 fully saturated rings. The molecule has 0 saturated carbocycles. The monoisotopic (exact) mass is 289 g/mol. The van der Waals surface area contributed by atoms with Crippen LogP contribution in [0.15, 0.2) is 22.7 Å². The van der Waals surface area contributed by atoms with Crippen molar-refractivity contribution < 1.29 is 14.3 Å². The van der Waals surface area contributed by atoms with Gasteiger partial charge in [-0.05, 0) is 48.0 Å². The average Bonchev–Trinajstić information content (AvgIpc) is 2.22. The molecule has 0 amide bonds. The topological polar surface area (TPSA) is 49.3 Å². The molecule has 5 heteroatoms. The van der Waals surface area contributed by atoms with Gasteiger partial charge in [0.1, 0.15) is 5.82 Å². The van der Waals surface area contributed by atoms with Crippen LogP contribution in [0.5, 0.6) is 0 Å². The van der Waals surface area contributed by atoms with Crippen LogP contribution in [0.2, 0.25) is 0 Å². The Morgan fingerprint density at radius 1 is 1.50 bits per heavy atom. The molecular weight excluding hydrogens is 277 g/mol. The van der Waals surface area contributed by atoms with Crippen LogP contribution >= 0.6 is 15.9 Å². The number of hydrogen-bond acceptors (Lipinski definition) is 2. The number of benzene rings is 1. The lowest BCUT2D eigenvalue weighted by Gasteiger charge is -2.19. The zero-order chi connectivity index (χ0) is 12.3. The van der Waals surface area contributed by atoms with Gasteiger partial charge < -0.3 is 10.4 Å². The highest BCUT2D eigenvalue weighted by atomic mass is 79.9. The fraction of sp³-hybridized carbons (Fsp3) is 0.364. The highest BCUT2D eigenvalue weighted by molar-refractivity contribution is 9.10. The van der Waals surface area contributed by atoms with Gasteiger partial charge in [-0.15, -0.1) is 0 Å². The number of rotatable bonds is 4. The van der Waals surface area contributed by atoms with Crippen LogP contribution < -0.4 is 5.32 Å². The molecule has 0 bridgehead atoms. The van der Waals surface area contributed by atoms with Crippen LogP contribution in [0.1, 0.15) is 13.8 Å². The molecule has 2 unspecified atom stereocenters. The van der Waals surface area contributed by atoms with Gasteiger partial charge in [0.25, 0.3) is 0 Å². The summed E-state index contributed by atoms with van der Waals surface area (Å²) in [5.41, 5.74) is 0.556. The maximum Gasteiger partial charge on any atom is 0.308 e. The highest BCUT2D eigenvalue weighted by Gasteiger charge is 2.19. The molecule has 3 nitrogen and oxygen atoms in total. The molecule has 0 saturated heterocycles. The van der Waals surface area contributed by atoms with Gasteiger partial charge in [-0.2, -0.15) is 0 Å². The Bertz CT molecular complexity index is 398. The SMILES string of the molecule is CC(Nc1cc(F)ccc1Br)C(C)C(=O)O. The molecule has 0 spiro atoms. The first kappa shape index (κ1) is 13.0. The van der Waals surface area contributed by atoms with Gasteiger partial charge in [0.05, 0.1) is 11.6 Å². The van der Waals surface area contributed by atoms with Crippen LogP contribution in [0.4, 0.5) is 10.1 Å². The number of hydrogen-bond donors (Lipinski definition) is 2. The summed E-state index contributed by atoms with van der Waals surface area (Å²) >= 11 is 3.27. The molecule has 0 aliphatic rings. The Labute approximate surface area is 102 Å². The fourth-order valence-corrected chi connectivity index (χ4v) is 1.55. The first-order valence-corrected chi connectivity index (χ1v) is 5.65. The van der Waals surface area contributed by atoms with Crippen molar-refractivity contribution >= 4 is 27.6 Å².